The molecule has 110 valence electrons. The minimum absolute atomic E-state index is 0.791. The summed E-state index contributed by atoms with van der Waals surface area (Å²) in [6.07, 6.45) is 0. The first-order chi connectivity index (χ1) is 10.2. The molecule has 0 amide bonds. The maximum atomic E-state index is 5.94. The summed E-state index contributed by atoms with van der Waals surface area (Å²) in [5.74, 6) is 0. The molecule has 2 aromatic carbocycles. The molecule has 1 fully saturated rings. The van der Waals surface area contributed by atoms with Crippen LogP contribution in [0.4, 0.5) is 11.4 Å². The van der Waals surface area contributed by atoms with E-state index in [4.69, 9.17) is 17.3 Å². The quantitative estimate of drug-likeness (QED) is 0.883. The maximum Gasteiger partial charge on any atom is 0.0407 e. The molecule has 4 heteroatoms. The maximum absolute atomic E-state index is 5.94. The largest absolute Gasteiger partial charge is 0.399 e. The van der Waals surface area contributed by atoms with E-state index >= 15 is 0 Å². The van der Waals surface area contributed by atoms with Crippen LogP contribution < -0.4 is 10.6 Å². The van der Waals surface area contributed by atoms with Crippen molar-refractivity contribution in [1.82, 2.24) is 4.90 Å². The molecule has 2 aromatic rings. The zero-order valence-corrected chi connectivity index (χ0v) is 12.8. The molecule has 0 unspecified atom stereocenters. The van der Waals surface area contributed by atoms with Gasteiger partial charge in [0.15, 0.2) is 0 Å². The fourth-order valence-electron chi connectivity index (χ4n) is 2.77. The summed E-state index contributed by atoms with van der Waals surface area (Å²) in [6, 6.07) is 16.3. The molecule has 0 atom stereocenters. The minimum atomic E-state index is 0.791. The summed E-state index contributed by atoms with van der Waals surface area (Å²) in [5.41, 5.74) is 9.22. The zero-order chi connectivity index (χ0) is 14.7. The van der Waals surface area contributed by atoms with Gasteiger partial charge in [-0.1, -0.05) is 23.7 Å². The van der Waals surface area contributed by atoms with Gasteiger partial charge in [0.25, 0.3) is 0 Å². The molecule has 0 aliphatic carbocycles. The van der Waals surface area contributed by atoms with Gasteiger partial charge in [0.1, 0.15) is 0 Å². The van der Waals surface area contributed by atoms with E-state index < -0.39 is 0 Å². The van der Waals surface area contributed by atoms with Crippen molar-refractivity contribution in [3.8, 4) is 0 Å². The molecular weight excluding hydrogens is 282 g/mol. The number of hydrogen-bond acceptors (Lipinski definition) is 3. The molecule has 3 nitrogen and oxygen atoms in total. The van der Waals surface area contributed by atoms with Gasteiger partial charge in [0, 0.05) is 49.1 Å². The Morgan fingerprint density at radius 2 is 1.67 bits per heavy atom. The summed E-state index contributed by atoms with van der Waals surface area (Å²) < 4.78 is 0. The Hall–Kier alpha value is -1.71. The molecule has 0 saturated carbocycles. The highest BCUT2D eigenvalue weighted by atomic mass is 35.5. The van der Waals surface area contributed by atoms with Gasteiger partial charge in [-0.15, -0.1) is 0 Å². The smallest absolute Gasteiger partial charge is 0.0407 e. The summed E-state index contributed by atoms with van der Waals surface area (Å²) >= 11 is 5.94. The van der Waals surface area contributed by atoms with Crippen molar-refractivity contribution in [2.24, 2.45) is 0 Å². The predicted molar refractivity (Wildman–Crippen MR) is 89.8 cm³/mol. The van der Waals surface area contributed by atoms with Crippen molar-refractivity contribution >= 4 is 23.0 Å². The van der Waals surface area contributed by atoms with E-state index in [0.717, 1.165) is 43.4 Å². The molecule has 1 saturated heterocycles. The van der Waals surface area contributed by atoms with Crippen molar-refractivity contribution in [2.75, 3.05) is 36.8 Å². The number of piperazine rings is 1. The van der Waals surface area contributed by atoms with Crippen LogP contribution in [0.5, 0.6) is 0 Å². The van der Waals surface area contributed by atoms with Gasteiger partial charge in [0.05, 0.1) is 0 Å². The van der Waals surface area contributed by atoms with Crippen LogP contribution in [0.2, 0.25) is 5.02 Å². The molecule has 0 radical (unpaired) electrons. The van der Waals surface area contributed by atoms with Gasteiger partial charge in [-0.05, 0) is 42.0 Å². The average molecular weight is 302 g/mol. The Labute approximate surface area is 130 Å². The van der Waals surface area contributed by atoms with E-state index in [0.29, 0.717) is 0 Å². The van der Waals surface area contributed by atoms with Gasteiger partial charge in [-0.3, -0.25) is 4.90 Å². The first-order valence-electron chi connectivity index (χ1n) is 7.28. The van der Waals surface area contributed by atoms with Gasteiger partial charge >= 0.3 is 0 Å². The van der Waals surface area contributed by atoms with Crippen LogP contribution in [0.25, 0.3) is 0 Å². The van der Waals surface area contributed by atoms with Crippen LogP contribution in [-0.4, -0.2) is 31.1 Å². The summed E-state index contributed by atoms with van der Waals surface area (Å²) in [4.78, 5) is 4.88. The van der Waals surface area contributed by atoms with Crippen LogP contribution in [0.1, 0.15) is 5.56 Å². The van der Waals surface area contributed by atoms with Crippen molar-refractivity contribution in [2.45, 2.75) is 6.54 Å². The normalized spacial score (nSPS) is 16.1. The number of halogens is 1. The third kappa shape index (κ3) is 3.69. The molecule has 0 bridgehead atoms. The molecule has 2 N–H and O–H groups in total. The molecule has 0 spiro atoms. The number of nitrogen functional groups attached to an aromatic ring is 1. The Bertz CT molecular complexity index is 589. The van der Waals surface area contributed by atoms with Gasteiger partial charge in [0.2, 0.25) is 0 Å². The standard InChI is InChI=1S/C17H20ClN3/c18-15-4-6-17(7-5-15)21-10-8-20(9-11-21)13-14-2-1-3-16(19)12-14/h1-7,12H,8-11,13,19H2. The molecule has 0 aromatic heterocycles. The van der Waals surface area contributed by atoms with E-state index in [1.165, 1.54) is 11.3 Å². The second-order valence-corrected chi connectivity index (χ2v) is 5.92. The van der Waals surface area contributed by atoms with Crippen LogP contribution in [0, 0.1) is 0 Å². The topological polar surface area (TPSA) is 32.5 Å². The number of rotatable bonds is 3. The number of anilines is 2. The van der Waals surface area contributed by atoms with E-state index in [-0.39, 0.29) is 0 Å². The lowest BCUT2D eigenvalue weighted by Crippen LogP contribution is -2.45. The Morgan fingerprint density at radius 3 is 2.33 bits per heavy atom. The van der Waals surface area contributed by atoms with Crippen molar-refractivity contribution in [3.05, 3.63) is 59.1 Å². The van der Waals surface area contributed by atoms with E-state index in [1.54, 1.807) is 0 Å². The first-order valence-corrected chi connectivity index (χ1v) is 7.66. The number of nitrogens with two attached hydrogens (primary N) is 1. The second kappa shape index (κ2) is 6.37. The van der Waals surface area contributed by atoms with E-state index in [9.17, 15) is 0 Å². The Kier molecular flexibility index (Phi) is 4.32. The highest BCUT2D eigenvalue weighted by Gasteiger charge is 2.17. The molecule has 21 heavy (non-hydrogen) atoms. The number of nitrogens with zero attached hydrogens (tertiary/aromatic N) is 2. The molecule has 1 aliphatic heterocycles. The summed E-state index contributed by atoms with van der Waals surface area (Å²) in [6.45, 7) is 5.20. The highest BCUT2D eigenvalue weighted by Crippen LogP contribution is 2.20. The number of hydrogen-bond donors (Lipinski definition) is 1. The molecule has 1 aliphatic rings. The van der Waals surface area contributed by atoms with Crippen molar-refractivity contribution in [3.63, 3.8) is 0 Å². The van der Waals surface area contributed by atoms with Crippen molar-refractivity contribution < 1.29 is 0 Å². The lowest BCUT2D eigenvalue weighted by molar-refractivity contribution is 0.250. The van der Waals surface area contributed by atoms with Crippen LogP contribution in [0.15, 0.2) is 48.5 Å². The van der Waals surface area contributed by atoms with E-state index in [2.05, 4.69) is 34.1 Å². The Morgan fingerprint density at radius 1 is 0.952 bits per heavy atom. The fourth-order valence-corrected chi connectivity index (χ4v) is 2.89. The van der Waals surface area contributed by atoms with Gasteiger partial charge in [-0.2, -0.15) is 0 Å². The van der Waals surface area contributed by atoms with Gasteiger partial charge in [-0.25, -0.2) is 0 Å². The average Bonchev–Trinajstić information content (AvgIpc) is 2.49. The van der Waals surface area contributed by atoms with E-state index in [1.807, 2.05) is 24.3 Å². The van der Waals surface area contributed by atoms with Crippen molar-refractivity contribution in [1.29, 1.82) is 0 Å². The second-order valence-electron chi connectivity index (χ2n) is 5.48. The third-order valence-electron chi connectivity index (χ3n) is 3.92. The Balaban J connectivity index is 1.56. The monoisotopic (exact) mass is 301 g/mol. The first kappa shape index (κ1) is 14.2. The molecule has 1 heterocycles. The lowest BCUT2D eigenvalue weighted by Gasteiger charge is -2.36. The van der Waals surface area contributed by atoms with Crippen LogP contribution in [0.3, 0.4) is 0 Å². The van der Waals surface area contributed by atoms with Crippen LogP contribution >= 0.6 is 11.6 Å². The van der Waals surface area contributed by atoms with Gasteiger partial charge < -0.3 is 10.6 Å². The fraction of sp³-hybridized carbons (Fsp3) is 0.294. The zero-order valence-electron chi connectivity index (χ0n) is 12.0. The highest BCUT2D eigenvalue weighted by molar-refractivity contribution is 6.30. The molecule has 3 rings (SSSR count). The lowest BCUT2D eigenvalue weighted by atomic mass is 10.1. The minimum Gasteiger partial charge on any atom is -0.399 e. The summed E-state index contributed by atoms with van der Waals surface area (Å²) in [5, 5.41) is 0.791. The predicted octanol–water partition coefficient (Wildman–Crippen LogP) is 3.24. The third-order valence-corrected chi connectivity index (χ3v) is 4.17. The SMILES string of the molecule is Nc1cccc(CN2CCN(c3ccc(Cl)cc3)CC2)c1. The molecular formula is C17H20ClN3. The summed E-state index contributed by atoms with van der Waals surface area (Å²) in [7, 11) is 0. The number of benzene rings is 2. The van der Waals surface area contributed by atoms with Crippen LogP contribution in [-0.2, 0) is 6.54 Å².